The molecule has 2 aromatic rings. The highest BCUT2D eigenvalue weighted by atomic mass is 79.9. The normalized spacial score (nSPS) is 16.7. The van der Waals surface area contributed by atoms with Gasteiger partial charge in [0.15, 0.2) is 0 Å². The van der Waals surface area contributed by atoms with Gasteiger partial charge in [-0.15, -0.1) is 6.58 Å². The highest BCUT2D eigenvalue weighted by Gasteiger charge is 2.31. The van der Waals surface area contributed by atoms with Crippen LogP contribution in [0.1, 0.15) is 22.1 Å². The van der Waals surface area contributed by atoms with Gasteiger partial charge in [0.1, 0.15) is 17.2 Å². The van der Waals surface area contributed by atoms with Gasteiger partial charge >= 0.3 is 0 Å². The molecule has 0 bridgehead atoms. The van der Waals surface area contributed by atoms with Crippen LogP contribution in [0.15, 0.2) is 47.6 Å². The Morgan fingerprint density at radius 1 is 1.29 bits per heavy atom. The third-order valence-corrected chi connectivity index (χ3v) is 4.89. The van der Waals surface area contributed by atoms with Crippen molar-refractivity contribution in [1.29, 1.82) is 0 Å². The summed E-state index contributed by atoms with van der Waals surface area (Å²) in [5.74, 6) is 1.43. The number of carbonyl (C=O) groups excluding carboxylic acids is 1. The zero-order valence-electron chi connectivity index (χ0n) is 13.7. The van der Waals surface area contributed by atoms with E-state index in [1.54, 1.807) is 14.2 Å². The third-order valence-electron chi connectivity index (χ3n) is 4.24. The van der Waals surface area contributed by atoms with Crippen LogP contribution in [0.5, 0.6) is 11.5 Å². The smallest absolute Gasteiger partial charge is 0.270 e. The fourth-order valence-electron chi connectivity index (χ4n) is 2.99. The second kappa shape index (κ2) is 6.73. The molecule has 0 spiro atoms. The first-order valence-corrected chi connectivity index (χ1v) is 8.37. The Bertz CT molecular complexity index is 785. The van der Waals surface area contributed by atoms with Crippen molar-refractivity contribution in [2.75, 3.05) is 20.8 Å². The van der Waals surface area contributed by atoms with Gasteiger partial charge in [0.05, 0.1) is 24.9 Å². The van der Waals surface area contributed by atoms with Crippen molar-refractivity contribution in [3.63, 3.8) is 0 Å². The standard InChI is InChI=1S/C18H19BrN2O3/c1-4-13-11-20(18(22)15-7-8-17(19)21(13)15)10-12-5-6-14(23-2)9-16(12)24-3/h4-9,13H,1,10-11H2,2-3H3/t13-/m0/s1. The third kappa shape index (κ3) is 2.82. The number of hydrogen-bond donors (Lipinski definition) is 0. The van der Waals surface area contributed by atoms with E-state index in [0.29, 0.717) is 24.5 Å². The molecule has 1 aromatic heterocycles. The average molecular weight is 391 g/mol. The van der Waals surface area contributed by atoms with E-state index in [0.717, 1.165) is 15.9 Å². The Hall–Kier alpha value is -2.21. The largest absolute Gasteiger partial charge is 0.497 e. The molecule has 0 saturated heterocycles. The lowest BCUT2D eigenvalue weighted by atomic mass is 10.1. The summed E-state index contributed by atoms with van der Waals surface area (Å²) in [5.41, 5.74) is 1.60. The number of nitrogens with zero attached hydrogens (tertiary/aromatic N) is 2. The van der Waals surface area contributed by atoms with Crippen molar-refractivity contribution in [3.05, 3.63) is 58.8 Å². The fourth-order valence-corrected chi connectivity index (χ4v) is 3.58. The lowest BCUT2D eigenvalue weighted by Crippen LogP contribution is -2.41. The highest BCUT2D eigenvalue weighted by molar-refractivity contribution is 9.10. The molecule has 0 fully saturated rings. The molecule has 2 heterocycles. The second-order valence-electron chi connectivity index (χ2n) is 5.58. The van der Waals surface area contributed by atoms with E-state index in [1.165, 1.54) is 0 Å². The molecule has 0 aliphatic carbocycles. The van der Waals surface area contributed by atoms with E-state index >= 15 is 0 Å². The molecule has 24 heavy (non-hydrogen) atoms. The van der Waals surface area contributed by atoms with Crippen molar-refractivity contribution >= 4 is 21.8 Å². The number of halogens is 1. The number of aromatic nitrogens is 1. The molecule has 0 unspecified atom stereocenters. The number of amides is 1. The molecule has 0 N–H and O–H groups in total. The lowest BCUT2D eigenvalue weighted by molar-refractivity contribution is 0.0671. The van der Waals surface area contributed by atoms with E-state index in [9.17, 15) is 4.79 Å². The van der Waals surface area contributed by atoms with Crippen LogP contribution in [0.3, 0.4) is 0 Å². The van der Waals surface area contributed by atoms with Crippen LogP contribution in [-0.2, 0) is 6.54 Å². The van der Waals surface area contributed by atoms with E-state index < -0.39 is 0 Å². The molecular weight excluding hydrogens is 372 g/mol. The zero-order chi connectivity index (χ0) is 17.3. The van der Waals surface area contributed by atoms with E-state index in [-0.39, 0.29) is 11.9 Å². The van der Waals surface area contributed by atoms with Gasteiger partial charge in [-0.3, -0.25) is 4.79 Å². The van der Waals surface area contributed by atoms with Crippen molar-refractivity contribution in [2.45, 2.75) is 12.6 Å². The highest BCUT2D eigenvalue weighted by Crippen LogP contribution is 2.31. The summed E-state index contributed by atoms with van der Waals surface area (Å²) >= 11 is 3.50. The maximum absolute atomic E-state index is 12.8. The second-order valence-corrected chi connectivity index (χ2v) is 6.39. The summed E-state index contributed by atoms with van der Waals surface area (Å²) in [4.78, 5) is 14.6. The van der Waals surface area contributed by atoms with Gasteiger partial charge in [0, 0.05) is 24.7 Å². The molecule has 126 valence electrons. The Morgan fingerprint density at radius 3 is 2.75 bits per heavy atom. The van der Waals surface area contributed by atoms with Crippen LogP contribution in [-0.4, -0.2) is 36.1 Å². The van der Waals surface area contributed by atoms with Crippen LogP contribution in [0, 0.1) is 0 Å². The topological polar surface area (TPSA) is 43.7 Å². The summed E-state index contributed by atoms with van der Waals surface area (Å²) in [5, 5.41) is 0. The summed E-state index contributed by atoms with van der Waals surface area (Å²) in [6.45, 7) is 4.94. The molecule has 1 atom stereocenters. The first kappa shape index (κ1) is 16.6. The zero-order valence-corrected chi connectivity index (χ0v) is 15.2. The minimum absolute atomic E-state index is 0.00308. The fraction of sp³-hybridized carbons (Fsp3) is 0.278. The van der Waals surface area contributed by atoms with Crippen LogP contribution >= 0.6 is 15.9 Å². The van der Waals surface area contributed by atoms with Crippen molar-refractivity contribution in [1.82, 2.24) is 9.47 Å². The van der Waals surface area contributed by atoms with Crippen LogP contribution in [0.25, 0.3) is 0 Å². The number of hydrogen-bond acceptors (Lipinski definition) is 3. The van der Waals surface area contributed by atoms with Crippen LogP contribution in [0.2, 0.25) is 0 Å². The number of carbonyl (C=O) groups is 1. The molecule has 1 amide bonds. The molecule has 0 saturated carbocycles. The van der Waals surface area contributed by atoms with Gasteiger partial charge < -0.3 is 18.9 Å². The SMILES string of the molecule is C=C[C@H]1CN(Cc2ccc(OC)cc2OC)C(=O)c2ccc(Br)n21. The molecule has 1 aromatic carbocycles. The van der Waals surface area contributed by atoms with E-state index in [2.05, 4.69) is 22.5 Å². The number of rotatable bonds is 5. The summed E-state index contributed by atoms with van der Waals surface area (Å²) < 4.78 is 13.5. The van der Waals surface area contributed by atoms with Gasteiger partial charge in [-0.05, 0) is 40.2 Å². The van der Waals surface area contributed by atoms with Crippen LogP contribution < -0.4 is 9.47 Å². The maximum Gasteiger partial charge on any atom is 0.270 e. The van der Waals surface area contributed by atoms with E-state index in [4.69, 9.17) is 9.47 Å². The summed E-state index contributed by atoms with van der Waals surface area (Å²) in [6, 6.07) is 9.38. The summed E-state index contributed by atoms with van der Waals surface area (Å²) in [6.07, 6.45) is 1.86. The molecule has 3 rings (SSSR count). The molecule has 5 nitrogen and oxygen atoms in total. The first-order valence-electron chi connectivity index (χ1n) is 7.58. The Balaban J connectivity index is 1.91. The predicted octanol–water partition coefficient (Wildman–Crippen LogP) is 3.65. The van der Waals surface area contributed by atoms with Crippen LogP contribution in [0.4, 0.5) is 0 Å². The Morgan fingerprint density at radius 2 is 2.08 bits per heavy atom. The Kier molecular flexibility index (Phi) is 4.66. The predicted molar refractivity (Wildman–Crippen MR) is 95.7 cm³/mol. The number of benzene rings is 1. The van der Waals surface area contributed by atoms with Gasteiger partial charge in [0.25, 0.3) is 5.91 Å². The lowest BCUT2D eigenvalue weighted by Gasteiger charge is -2.34. The van der Waals surface area contributed by atoms with Crippen molar-refractivity contribution < 1.29 is 14.3 Å². The number of ether oxygens (including phenoxy) is 2. The molecule has 0 radical (unpaired) electrons. The van der Waals surface area contributed by atoms with Gasteiger partial charge in [-0.25, -0.2) is 0 Å². The monoisotopic (exact) mass is 390 g/mol. The van der Waals surface area contributed by atoms with Crippen molar-refractivity contribution in [2.24, 2.45) is 0 Å². The van der Waals surface area contributed by atoms with Gasteiger partial charge in [-0.1, -0.05) is 6.08 Å². The van der Waals surface area contributed by atoms with Gasteiger partial charge in [-0.2, -0.15) is 0 Å². The molecular formula is C18H19BrN2O3. The average Bonchev–Trinajstić information content (AvgIpc) is 3.00. The molecule has 1 aliphatic rings. The molecule has 6 heteroatoms. The molecule has 1 aliphatic heterocycles. The number of methoxy groups -OCH3 is 2. The minimum Gasteiger partial charge on any atom is -0.497 e. The first-order chi connectivity index (χ1) is 11.6. The Labute approximate surface area is 149 Å². The van der Waals surface area contributed by atoms with Crippen molar-refractivity contribution in [3.8, 4) is 11.5 Å². The van der Waals surface area contributed by atoms with E-state index in [1.807, 2.05) is 45.9 Å². The maximum atomic E-state index is 12.8. The minimum atomic E-state index is -0.00308. The quantitative estimate of drug-likeness (QED) is 0.731. The van der Waals surface area contributed by atoms with Gasteiger partial charge in [0.2, 0.25) is 0 Å². The summed E-state index contributed by atoms with van der Waals surface area (Å²) in [7, 11) is 3.23. The number of fused-ring (bicyclic) bond motifs is 1.